The van der Waals surface area contributed by atoms with Gasteiger partial charge in [0.15, 0.2) is 0 Å². The summed E-state index contributed by atoms with van der Waals surface area (Å²) in [4.78, 5) is 40.8. The zero-order valence-electron chi connectivity index (χ0n) is 17.8. The lowest BCUT2D eigenvalue weighted by Gasteiger charge is -2.26. The summed E-state index contributed by atoms with van der Waals surface area (Å²) in [5.74, 6) is 0.110. The zero-order valence-corrected chi connectivity index (χ0v) is 17.8. The fraction of sp³-hybridized carbons (Fsp3) is 0.400. The van der Waals surface area contributed by atoms with E-state index in [1.54, 1.807) is 12.1 Å². The quantitative estimate of drug-likeness (QED) is 0.781. The minimum absolute atomic E-state index is 0.0694. The third kappa shape index (κ3) is 5.32. The second-order valence-corrected chi connectivity index (χ2v) is 8.35. The van der Waals surface area contributed by atoms with E-state index in [0.29, 0.717) is 30.6 Å². The number of piperidine rings is 1. The van der Waals surface area contributed by atoms with E-state index in [0.717, 1.165) is 50.0 Å². The molecule has 2 aromatic rings. The Balaban J connectivity index is 1.32. The average Bonchev–Trinajstić information content (AvgIpc) is 3.22. The van der Waals surface area contributed by atoms with Crippen molar-refractivity contribution in [1.29, 1.82) is 0 Å². The first-order valence-corrected chi connectivity index (χ1v) is 11.1. The molecular weight excluding hydrogens is 390 g/mol. The molecule has 162 valence electrons. The molecule has 0 aliphatic carbocycles. The Morgan fingerprint density at radius 3 is 2.32 bits per heavy atom. The Kier molecular flexibility index (Phi) is 6.65. The van der Waals surface area contributed by atoms with Crippen molar-refractivity contribution in [2.24, 2.45) is 0 Å². The fourth-order valence-electron chi connectivity index (χ4n) is 4.23. The van der Waals surface area contributed by atoms with Crippen LogP contribution in [0.15, 0.2) is 48.5 Å². The van der Waals surface area contributed by atoms with Gasteiger partial charge in [0.2, 0.25) is 5.91 Å². The maximum Gasteiger partial charge on any atom is 0.253 e. The molecule has 2 aliphatic rings. The highest BCUT2D eigenvalue weighted by molar-refractivity contribution is 5.95. The molecule has 2 heterocycles. The van der Waals surface area contributed by atoms with Crippen LogP contribution in [0.25, 0.3) is 0 Å². The molecule has 2 aromatic carbocycles. The molecule has 0 atom stereocenters. The largest absolute Gasteiger partial charge is 0.348 e. The number of hydrogen-bond donors (Lipinski definition) is 1. The normalized spacial score (nSPS) is 16.5. The summed E-state index contributed by atoms with van der Waals surface area (Å²) in [5.41, 5.74) is 3.18. The van der Waals surface area contributed by atoms with Gasteiger partial charge in [-0.25, -0.2) is 0 Å². The number of rotatable bonds is 6. The maximum absolute atomic E-state index is 12.7. The Morgan fingerprint density at radius 1 is 0.839 bits per heavy atom. The van der Waals surface area contributed by atoms with Crippen LogP contribution in [0.4, 0.5) is 0 Å². The number of carbonyl (C=O) groups excluding carboxylic acids is 3. The summed E-state index contributed by atoms with van der Waals surface area (Å²) >= 11 is 0. The molecule has 2 fully saturated rings. The second-order valence-electron chi connectivity index (χ2n) is 8.35. The van der Waals surface area contributed by atoms with Gasteiger partial charge in [0.05, 0.1) is 0 Å². The van der Waals surface area contributed by atoms with Crippen molar-refractivity contribution in [3.8, 4) is 0 Å². The molecule has 31 heavy (non-hydrogen) atoms. The van der Waals surface area contributed by atoms with Crippen LogP contribution < -0.4 is 5.32 Å². The number of amides is 3. The molecule has 3 amide bonds. The topological polar surface area (TPSA) is 69.7 Å². The van der Waals surface area contributed by atoms with Gasteiger partial charge in [-0.05, 0) is 61.1 Å². The monoisotopic (exact) mass is 419 g/mol. The van der Waals surface area contributed by atoms with Gasteiger partial charge in [0, 0.05) is 50.3 Å². The molecule has 0 saturated carbocycles. The third-order valence-electron chi connectivity index (χ3n) is 6.03. The number of likely N-dealkylation sites (tertiary alicyclic amines) is 2. The van der Waals surface area contributed by atoms with Crippen LogP contribution in [-0.2, 0) is 17.9 Å². The minimum Gasteiger partial charge on any atom is -0.348 e. The Hall–Kier alpha value is -3.15. The van der Waals surface area contributed by atoms with Gasteiger partial charge in [-0.15, -0.1) is 0 Å². The minimum atomic E-state index is -0.156. The Bertz CT molecular complexity index is 949. The summed E-state index contributed by atoms with van der Waals surface area (Å²) in [6.45, 7) is 3.41. The van der Waals surface area contributed by atoms with E-state index in [9.17, 15) is 14.4 Å². The molecule has 4 rings (SSSR count). The van der Waals surface area contributed by atoms with Gasteiger partial charge in [0.25, 0.3) is 11.8 Å². The smallest absolute Gasteiger partial charge is 0.253 e. The number of nitrogens with zero attached hydrogens (tertiary/aromatic N) is 2. The Labute approximate surface area is 183 Å². The Morgan fingerprint density at radius 2 is 1.61 bits per heavy atom. The zero-order chi connectivity index (χ0) is 21.6. The van der Waals surface area contributed by atoms with E-state index in [1.165, 1.54) is 6.42 Å². The van der Waals surface area contributed by atoms with Crippen LogP contribution in [0.5, 0.6) is 0 Å². The predicted molar refractivity (Wildman–Crippen MR) is 118 cm³/mol. The van der Waals surface area contributed by atoms with Crippen LogP contribution in [0.1, 0.15) is 63.9 Å². The van der Waals surface area contributed by atoms with Gasteiger partial charge in [0.1, 0.15) is 0 Å². The molecule has 2 saturated heterocycles. The molecule has 6 nitrogen and oxygen atoms in total. The van der Waals surface area contributed by atoms with Gasteiger partial charge in [-0.2, -0.15) is 0 Å². The molecule has 1 N–H and O–H groups in total. The molecule has 6 heteroatoms. The predicted octanol–water partition coefficient (Wildman–Crippen LogP) is 3.37. The van der Waals surface area contributed by atoms with Crippen LogP contribution in [0.2, 0.25) is 0 Å². The van der Waals surface area contributed by atoms with Crippen LogP contribution in [0, 0.1) is 0 Å². The highest BCUT2D eigenvalue weighted by Gasteiger charge is 2.20. The summed E-state index contributed by atoms with van der Waals surface area (Å²) < 4.78 is 0. The third-order valence-corrected chi connectivity index (χ3v) is 6.03. The van der Waals surface area contributed by atoms with Crippen LogP contribution in [0.3, 0.4) is 0 Å². The highest BCUT2D eigenvalue weighted by Crippen LogP contribution is 2.16. The van der Waals surface area contributed by atoms with Crippen molar-refractivity contribution in [1.82, 2.24) is 15.1 Å². The summed E-state index contributed by atoms with van der Waals surface area (Å²) in [6.07, 6.45) is 4.87. The first-order valence-electron chi connectivity index (χ1n) is 11.1. The molecule has 0 aromatic heterocycles. The van der Waals surface area contributed by atoms with Crippen LogP contribution >= 0.6 is 0 Å². The maximum atomic E-state index is 12.7. The van der Waals surface area contributed by atoms with Crippen molar-refractivity contribution in [2.45, 2.75) is 45.2 Å². The average molecular weight is 420 g/mol. The standard InChI is InChI=1S/C25H29N3O3/c29-23-8-5-15-28(23)18-19-9-11-21(12-10-19)24(30)26-17-20-6-4-7-22(16-20)25(31)27-13-2-1-3-14-27/h4,6-7,9-12,16H,1-3,5,8,13-15,17-18H2,(H,26,30). The SMILES string of the molecule is O=C(NCc1cccc(C(=O)N2CCCCC2)c1)c1ccc(CN2CCCC2=O)cc1. The van der Waals surface area contributed by atoms with E-state index >= 15 is 0 Å². The van der Waals surface area contributed by atoms with E-state index < -0.39 is 0 Å². The van der Waals surface area contributed by atoms with Crippen molar-refractivity contribution in [3.05, 3.63) is 70.8 Å². The van der Waals surface area contributed by atoms with E-state index in [-0.39, 0.29) is 17.7 Å². The van der Waals surface area contributed by atoms with Crippen LogP contribution in [-0.4, -0.2) is 47.2 Å². The van der Waals surface area contributed by atoms with Crippen molar-refractivity contribution in [2.75, 3.05) is 19.6 Å². The molecular formula is C25H29N3O3. The van der Waals surface area contributed by atoms with Gasteiger partial charge < -0.3 is 15.1 Å². The van der Waals surface area contributed by atoms with Gasteiger partial charge >= 0.3 is 0 Å². The fourth-order valence-corrected chi connectivity index (χ4v) is 4.23. The summed E-state index contributed by atoms with van der Waals surface area (Å²) in [7, 11) is 0. The lowest BCUT2D eigenvalue weighted by atomic mass is 10.1. The highest BCUT2D eigenvalue weighted by atomic mass is 16.2. The molecule has 0 radical (unpaired) electrons. The van der Waals surface area contributed by atoms with Gasteiger partial charge in [-0.1, -0.05) is 24.3 Å². The lowest BCUT2D eigenvalue weighted by molar-refractivity contribution is -0.128. The summed E-state index contributed by atoms with van der Waals surface area (Å²) in [6, 6.07) is 14.9. The first kappa shape index (κ1) is 21.1. The number of nitrogens with one attached hydrogen (secondary N) is 1. The number of hydrogen-bond acceptors (Lipinski definition) is 3. The molecule has 2 aliphatic heterocycles. The molecule has 0 spiro atoms. The number of carbonyl (C=O) groups is 3. The molecule has 0 bridgehead atoms. The van der Waals surface area contributed by atoms with Crippen molar-refractivity contribution in [3.63, 3.8) is 0 Å². The second kappa shape index (κ2) is 9.77. The summed E-state index contributed by atoms with van der Waals surface area (Å²) in [5, 5.41) is 2.93. The van der Waals surface area contributed by atoms with Gasteiger partial charge in [-0.3, -0.25) is 14.4 Å². The molecule has 0 unspecified atom stereocenters. The van der Waals surface area contributed by atoms with E-state index in [2.05, 4.69) is 5.32 Å². The number of benzene rings is 2. The van der Waals surface area contributed by atoms with Crippen molar-refractivity contribution < 1.29 is 14.4 Å². The van der Waals surface area contributed by atoms with E-state index in [1.807, 2.05) is 46.2 Å². The lowest BCUT2D eigenvalue weighted by Crippen LogP contribution is -2.35. The first-order chi connectivity index (χ1) is 15.1. The van der Waals surface area contributed by atoms with E-state index in [4.69, 9.17) is 0 Å². The van der Waals surface area contributed by atoms with Crippen molar-refractivity contribution >= 4 is 17.7 Å².